The second-order valence-electron chi connectivity index (χ2n) is 3.43. The number of benzene rings is 1. The molecule has 4 nitrogen and oxygen atoms in total. The fourth-order valence-electron chi connectivity index (χ4n) is 1.21. The van der Waals surface area contributed by atoms with Gasteiger partial charge in [0.15, 0.2) is 0 Å². The van der Waals surface area contributed by atoms with E-state index in [1.807, 2.05) is 6.92 Å². The summed E-state index contributed by atoms with van der Waals surface area (Å²) in [6.45, 7) is 1.82. The number of aliphatic hydroxyl groups is 1. The fraction of sp³-hybridized carbons (Fsp3) is 0.400. The smallest absolute Gasteiger partial charge is 0.284 e. The Morgan fingerprint density at radius 1 is 1.65 bits per heavy atom. The largest absolute Gasteiger partial charge is 0.396 e. The Kier molecular flexibility index (Phi) is 5.35. The zero-order chi connectivity index (χ0) is 13.0. The van der Waals surface area contributed by atoms with Gasteiger partial charge in [-0.1, -0.05) is 6.92 Å². The topological polar surface area (TPSA) is 63.4 Å². The van der Waals surface area contributed by atoms with Crippen LogP contribution in [0.15, 0.2) is 21.5 Å². The van der Waals surface area contributed by atoms with E-state index in [0.29, 0.717) is 6.42 Å². The molecule has 0 amide bonds. The predicted molar refractivity (Wildman–Crippen MR) is 67.8 cm³/mol. The van der Waals surface area contributed by atoms with Gasteiger partial charge in [-0.15, -0.1) is 11.8 Å². The number of halogens is 2. The lowest BCUT2D eigenvalue weighted by molar-refractivity contribution is -0.387. The predicted octanol–water partition coefficient (Wildman–Crippen LogP) is 3.36. The lowest BCUT2D eigenvalue weighted by atomic mass is 10.3. The van der Waals surface area contributed by atoms with E-state index in [1.165, 1.54) is 11.8 Å². The first-order valence-electron chi connectivity index (χ1n) is 4.86. The Balaban J connectivity index is 3.04. The van der Waals surface area contributed by atoms with E-state index in [4.69, 9.17) is 5.11 Å². The van der Waals surface area contributed by atoms with Crippen molar-refractivity contribution in [2.24, 2.45) is 0 Å². The van der Waals surface area contributed by atoms with Gasteiger partial charge in [-0.3, -0.25) is 10.1 Å². The minimum absolute atomic E-state index is 0.000967. The zero-order valence-electron chi connectivity index (χ0n) is 9.02. The van der Waals surface area contributed by atoms with Crippen LogP contribution in [0.25, 0.3) is 0 Å². The summed E-state index contributed by atoms with van der Waals surface area (Å²) in [5.41, 5.74) is -0.131. The van der Waals surface area contributed by atoms with Crippen LogP contribution in [-0.4, -0.2) is 21.9 Å². The number of hydrogen-bond donors (Lipinski definition) is 1. The first-order chi connectivity index (χ1) is 7.95. The van der Waals surface area contributed by atoms with Crippen LogP contribution < -0.4 is 0 Å². The molecule has 0 aromatic heterocycles. The van der Waals surface area contributed by atoms with Crippen molar-refractivity contribution in [1.82, 2.24) is 0 Å². The molecule has 0 saturated carbocycles. The van der Waals surface area contributed by atoms with Gasteiger partial charge in [0.2, 0.25) is 0 Å². The highest BCUT2D eigenvalue weighted by atomic mass is 79.9. The van der Waals surface area contributed by atoms with Crippen LogP contribution in [0.4, 0.5) is 10.1 Å². The van der Waals surface area contributed by atoms with Gasteiger partial charge >= 0.3 is 0 Å². The molecule has 17 heavy (non-hydrogen) atoms. The molecule has 0 spiro atoms. The first-order valence-corrected chi connectivity index (χ1v) is 6.54. The number of rotatable bonds is 5. The molecule has 0 heterocycles. The van der Waals surface area contributed by atoms with E-state index < -0.39 is 10.7 Å². The van der Waals surface area contributed by atoms with Crippen molar-refractivity contribution in [2.45, 2.75) is 23.5 Å². The number of hydrogen-bond acceptors (Lipinski definition) is 4. The summed E-state index contributed by atoms with van der Waals surface area (Å²) in [4.78, 5) is 10.6. The maximum atomic E-state index is 13.3. The van der Waals surface area contributed by atoms with Crippen LogP contribution in [0.5, 0.6) is 0 Å². The number of nitro groups is 1. The molecule has 1 atom stereocenters. The molecule has 1 rings (SSSR count). The zero-order valence-corrected chi connectivity index (χ0v) is 11.4. The van der Waals surface area contributed by atoms with E-state index in [9.17, 15) is 14.5 Å². The summed E-state index contributed by atoms with van der Waals surface area (Å²) >= 11 is 4.10. The Hall–Kier alpha value is -0.660. The Bertz CT molecular complexity index is 430. The second kappa shape index (κ2) is 6.32. The Morgan fingerprint density at radius 2 is 2.29 bits per heavy atom. The molecule has 0 aliphatic carbocycles. The van der Waals surface area contributed by atoms with Crippen LogP contribution >= 0.6 is 27.7 Å². The molecule has 0 aliphatic rings. The van der Waals surface area contributed by atoms with Crippen LogP contribution in [0.2, 0.25) is 0 Å². The molecule has 1 unspecified atom stereocenters. The van der Waals surface area contributed by atoms with Gasteiger partial charge in [-0.25, -0.2) is 4.39 Å². The van der Waals surface area contributed by atoms with Crippen molar-refractivity contribution in [3.63, 3.8) is 0 Å². The highest BCUT2D eigenvalue weighted by molar-refractivity contribution is 9.10. The van der Waals surface area contributed by atoms with Crippen molar-refractivity contribution in [3.8, 4) is 0 Å². The van der Waals surface area contributed by atoms with Gasteiger partial charge in [0.25, 0.3) is 5.69 Å². The van der Waals surface area contributed by atoms with E-state index in [-0.39, 0.29) is 26.9 Å². The normalized spacial score (nSPS) is 12.5. The number of aliphatic hydroxyl groups excluding tert-OH is 1. The molecule has 0 radical (unpaired) electrons. The third-order valence-electron chi connectivity index (χ3n) is 2.06. The summed E-state index contributed by atoms with van der Waals surface area (Å²) in [7, 11) is 0. The summed E-state index contributed by atoms with van der Waals surface area (Å²) in [6, 6.07) is 2.30. The van der Waals surface area contributed by atoms with Crippen LogP contribution in [0, 0.1) is 15.9 Å². The van der Waals surface area contributed by atoms with E-state index >= 15 is 0 Å². The Morgan fingerprint density at radius 3 is 2.82 bits per heavy atom. The average Bonchev–Trinajstić information content (AvgIpc) is 2.23. The highest BCUT2D eigenvalue weighted by Gasteiger charge is 2.19. The van der Waals surface area contributed by atoms with Gasteiger partial charge in [0.05, 0.1) is 14.3 Å². The molecule has 7 heteroatoms. The SMILES string of the molecule is CC(CCO)Sc1cc(F)c(Br)cc1[N+](=O)[O-]. The first kappa shape index (κ1) is 14.4. The van der Waals surface area contributed by atoms with Gasteiger partial charge in [0, 0.05) is 17.9 Å². The van der Waals surface area contributed by atoms with Crippen molar-refractivity contribution in [1.29, 1.82) is 0 Å². The molecule has 0 aliphatic heterocycles. The molecule has 1 aromatic rings. The lowest BCUT2D eigenvalue weighted by Crippen LogP contribution is -2.01. The number of nitro benzene ring substituents is 1. The van der Waals surface area contributed by atoms with Crippen molar-refractivity contribution in [2.75, 3.05) is 6.61 Å². The van der Waals surface area contributed by atoms with Gasteiger partial charge < -0.3 is 5.11 Å². The lowest BCUT2D eigenvalue weighted by Gasteiger charge is -2.10. The second-order valence-corrected chi connectivity index (χ2v) is 5.77. The molecule has 0 fully saturated rings. The average molecular weight is 324 g/mol. The van der Waals surface area contributed by atoms with Gasteiger partial charge in [-0.2, -0.15) is 0 Å². The summed E-state index contributed by atoms with van der Waals surface area (Å²) < 4.78 is 13.4. The molecular weight excluding hydrogens is 313 g/mol. The summed E-state index contributed by atoms with van der Waals surface area (Å²) in [5.74, 6) is -0.533. The highest BCUT2D eigenvalue weighted by Crippen LogP contribution is 2.36. The molecule has 94 valence electrons. The fourth-order valence-corrected chi connectivity index (χ4v) is 2.63. The van der Waals surface area contributed by atoms with Crippen LogP contribution in [0.3, 0.4) is 0 Å². The minimum Gasteiger partial charge on any atom is -0.396 e. The summed E-state index contributed by atoms with van der Waals surface area (Å²) in [5, 5.41) is 19.6. The molecule has 0 saturated heterocycles. The van der Waals surface area contributed by atoms with E-state index in [0.717, 1.165) is 12.1 Å². The van der Waals surface area contributed by atoms with E-state index in [1.54, 1.807) is 0 Å². The molecule has 1 aromatic carbocycles. The molecular formula is C10H11BrFNO3S. The number of nitrogens with zero attached hydrogens (tertiary/aromatic N) is 1. The van der Waals surface area contributed by atoms with Crippen molar-refractivity contribution >= 4 is 33.4 Å². The molecule has 1 N–H and O–H groups in total. The van der Waals surface area contributed by atoms with E-state index in [2.05, 4.69) is 15.9 Å². The summed E-state index contributed by atoms with van der Waals surface area (Å²) in [6.07, 6.45) is 0.500. The van der Waals surface area contributed by atoms with Crippen LogP contribution in [0.1, 0.15) is 13.3 Å². The van der Waals surface area contributed by atoms with Crippen molar-refractivity contribution in [3.05, 3.63) is 32.5 Å². The molecule has 0 bridgehead atoms. The monoisotopic (exact) mass is 323 g/mol. The maximum Gasteiger partial charge on any atom is 0.284 e. The quantitative estimate of drug-likeness (QED) is 0.512. The standard InChI is InChI=1S/C10H11BrFNO3S/c1-6(2-3-14)17-10-5-8(12)7(11)4-9(10)13(15)16/h4-6,14H,2-3H2,1H3. The van der Waals surface area contributed by atoms with Crippen LogP contribution in [-0.2, 0) is 0 Å². The third kappa shape index (κ3) is 3.93. The maximum absolute atomic E-state index is 13.3. The van der Waals surface area contributed by atoms with Gasteiger partial charge in [-0.05, 0) is 28.4 Å². The minimum atomic E-state index is -0.543. The van der Waals surface area contributed by atoms with Gasteiger partial charge in [0.1, 0.15) is 5.82 Å². The number of thioether (sulfide) groups is 1. The third-order valence-corrected chi connectivity index (χ3v) is 3.89. The Labute approximate surface area is 110 Å². The van der Waals surface area contributed by atoms with Crippen molar-refractivity contribution < 1.29 is 14.4 Å².